The zero-order valence-corrected chi connectivity index (χ0v) is 11.9. The number of anilines is 1. The molecule has 0 bridgehead atoms. The highest BCUT2D eigenvalue weighted by Crippen LogP contribution is 2.36. The number of likely N-dealkylation sites (N-methyl/N-ethyl adjacent to an activating group) is 1. The molecule has 1 aliphatic heterocycles. The minimum atomic E-state index is -0.128. The summed E-state index contributed by atoms with van der Waals surface area (Å²) in [4.78, 5) is 23.4. The molecule has 6 nitrogen and oxygen atoms in total. The van der Waals surface area contributed by atoms with E-state index in [9.17, 15) is 4.79 Å². The minimum Gasteiger partial charge on any atom is -0.495 e. The largest absolute Gasteiger partial charge is 0.495 e. The van der Waals surface area contributed by atoms with Crippen LogP contribution in [-0.4, -0.2) is 55.2 Å². The van der Waals surface area contributed by atoms with Crippen LogP contribution in [0, 0.1) is 0 Å². The van der Waals surface area contributed by atoms with E-state index in [4.69, 9.17) is 4.74 Å². The Labute approximate surface area is 117 Å². The molecule has 0 unspecified atom stereocenters. The average Bonchev–Trinajstić information content (AvgIpc) is 2.36. The molecule has 1 aromatic heterocycles. The molecule has 1 N–H and O–H groups in total. The van der Waals surface area contributed by atoms with Gasteiger partial charge in [0.2, 0.25) is 0 Å². The normalized spacial score (nSPS) is 15.7. The Morgan fingerprint density at radius 2 is 2.15 bits per heavy atom. The van der Waals surface area contributed by atoms with Gasteiger partial charge in [-0.05, 0) is 26.2 Å². The Kier molecular flexibility index (Phi) is 3.10. The second kappa shape index (κ2) is 4.79. The molecule has 1 saturated heterocycles. The molecule has 0 atom stereocenters. The molecule has 3 rings (SSSR count). The van der Waals surface area contributed by atoms with Crippen LogP contribution in [0.2, 0.25) is 0 Å². The summed E-state index contributed by atoms with van der Waals surface area (Å²) in [6.07, 6.45) is 1.43. The second-order valence-electron chi connectivity index (χ2n) is 5.26. The third-order valence-corrected chi connectivity index (χ3v) is 3.87. The molecule has 106 valence electrons. The molecular weight excluding hydrogens is 256 g/mol. The number of fused-ring (bicyclic) bond motifs is 1. The second-order valence-corrected chi connectivity index (χ2v) is 5.26. The maximum atomic E-state index is 12.1. The number of H-pyrrole nitrogens is 1. The Bertz CT molecular complexity index is 689. The quantitative estimate of drug-likeness (QED) is 0.892. The monoisotopic (exact) mass is 274 g/mol. The first-order valence-corrected chi connectivity index (χ1v) is 6.57. The number of methoxy groups -OCH3 is 1. The SMILES string of the molecule is COc1ccc2nc[nH]c(=O)c2c1N1CC(N(C)C)C1. The van der Waals surface area contributed by atoms with Gasteiger partial charge in [0, 0.05) is 19.1 Å². The molecule has 0 aliphatic carbocycles. The van der Waals surface area contributed by atoms with E-state index < -0.39 is 0 Å². The van der Waals surface area contributed by atoms with Crippen LogP contribution in [-0.2, 0) is 0 Å². The van der Waals surface area contributed by atoms with Gasteiger partial charge >= 0.3 is 0 Å². The minimum absolute atomic E-state index is 0.128. The first kappa shape index (κ1) is 12.9. The molecule has 1 aromatic carbocycles. The van der Waals surface area contributed by atoms with Gasteiger partial charge in [0.15, 0.2) is 0 Å². The van der Waals surface area contributed by atoms with Crippen LogP contribution >= 0.6 is 0 Å². The van der Waals surface area contributed by atoms with Crippen LogP contribution in [0.5, 0.6) is 5.75 Å². The molecule has 6 heteroatoms. The maximum Gasteiger partial charge on any atom is 0.260 e. The van der Waals surface area contributed by atoms with Crippen LogP contribution in [0.15, 0.2) is 23.3 Å². The van der Waals surface area contributed by atoms with Crippen molar-refractivity contribution >= 4 is 16.6 Å². The van der Waals surface area contributed by atoms with E-state index >= 15 is 0 Å². The van der Waals surface area contributed by atoms with Crippen molar-refractivity contribution in [3.63, 3.8) is 0 Å². The summed E-state index contributed by atoms with van der Waals surface area (Å²) < 4.78 is 5.43. The summed E-state index contributed by atoms with van der Waals surface area (Å²) in [5.41, 5.74) is 1.41. The summed E-state index contributed by atoms with van der Waals surface area (Å²) in [5.74, 6) is 0.716. The fraction of sp³-hybridized carbons (Fsp3) is 0.429. The van der Waals surface area contributed by atoms with E-state index in [1.54, 1.807) is 7.11 Å². The number of hydrogen-bond donors (Lipinski definition) is 1. The number of nitrogens with one attached hydrogen (secondary N) is 1. The Hall–Kier alpha value is -2.08. The highest BCUT2D eigenvalue weighted by atomic mass is 16.5. The molecule has 1 fully saturated rings. The van der Waals surface area contributed by atoms with Crippen LogP contribution in [0.1, 0.15) is 0 Å². The Morgan fingerprint density at radius 3 is 2.80 bits per heavy atom. The Morgan fingerprint density at radius 1 is 1.40 bits per heavy atom. The van der Waals surface area contributed by atoms with Crippen molar-refractivity contribution in [2.24, 2.45) is 0 Å². The number of nitrogens with zero attached hydrogens (tertiary/aromatic N) is 3. The zero-order chi connectivity index (χ0) is 14.3. The highest BCUT2D eigenvalue weighted by molar-refractivity contribution is 5.95. The lowest BCUT2D eigenvalue weighted by molar-refractivity contribution is 0.246. The van der Waals surface area contributed by atoms with Crippen molar-refractivity contribution in [2.45, 2.75) is 6.04 Å². The fourth-order valence-electron chi connectivity index (χ4n) is 2.57. The standard InChI is InChI=1S/C14H18N4O2/c1-17(2)9-6-18(7-9)13-11(20-3)5-4-10-12(13)14(19)16-8-15-10/h4-5,8-9H,6-7H2,1-3H3,(H,15,16,19). The topological polar surface area (TPSA) is 61.5 Å². The summed E-state index contributed by atoms with van der Waals surface area (Å²) in [6, 6.07) is 4.19. The van der Waals surface area contributed by atoms with Crippen molar-refractivity contribution in [2.75, 3.05) is 39.2 Å². The van der Waals surface area contributed by atoms with E-state index in [-0.39, 0.29) is 5.56 Å². The van der Waals surface area contributed by atoms with Crippen molar-refractivity contribution in [3.8, 4) is 5.75 Å². The first-order chi connectivity index (χ1) is 9.61. The lowest BCUT2D eigenvalue weighted by atomic mass is 10.0. The van der Waals surface area contributed by atoms with Crippen LogP contribution in [0.4, 0.5) is 5.69 Å². The molecule has 2 aromatic rings. The lowest BCUT2D eigenvalue weighted by Gasteiger charge is -2.44. The van der Waals surface area contributed by atoms with E-state index in [1.165, 1.54) is 6.33 Å². The highest BCUT2D eigenvalue weighted by Gasteiger charge is 2.32. The molecule has 2 heterocycles. The van der Waals surface area contributed by atoms with E-state index in [0.29, 0.717) is 22.7 Å². The molecule has 1 aliphatic rings. The maximum absolute atomic E-state index is 12.1. The summed E-state index contributed by atoms with van der Waals surface area (Å²) in [7, 11) is 5.76. The number of rotatable bonds is 3. The molecule has 20 heavy (non-hydrogen) atoms. The average molecular weight is 274 g/mol. The van der Waals surface area contributed by atoms with Gasteiger partial charge < -0.3 is 19.5 Å². The van der Waals surface area contributed by atoms with Crippen LogP contribution in [0.25, 0.3) is 10.9 Å². The molecular formula is C14H18N4O2. The predicted octanol–water partition coefficient (Wildman–Crippen LogP) is 0.682. The van der Waals surface area contributed by atoms with Crippen LogP contribution in [0.3, 0.4) is 0 Å². The van der Waals surface area contributed by atoms with E-state index in [2.05, 4.69) is 33.9 Å². The van der Waals surface area contributed by atoms with E-state index in [1.807, 2.05) is 12.1 Å². The predicted molar refractivity (Wildman–Crippen MR) is 78.6 cm³/mol. The number of hydrogen-bond acceptors (Lipinski definition) is 5. The molecule has 0 spiro atoms. The van der Waals surface area contributed by atoms with Gasteiger partial charge in [-0.1, -0.05) is 0 Å². The molecule has 0 saturated carbocycles. The fourth-order valence-corrected chi connectivity index (χ4v) is 2.57. The number of benzene rings is 1. The third kappa shape index (κ3) is 1.92. The van der Waals surface area contributed by atoms with Gasteiger partial charge in [0.25, 0.3) is 5.56 Å². The van der Waals surface area contributed by atoms with Gasteiger partial charge in [0.05, 0.1) is 30.0 Å². The summed E-state index contributed by atoms with van der Waals surface area (Å²) in [6.45, 7) is 1.77. The molecule has 0 amide bonds. The van der Waals surface area contributed by atoms with Gasteiger partial charge in [-0.2, -0.15) is 0 Å². The third-order valence-electron chi connectivity index (χ3n) is 3.87. The summed E-state index contributed by atoms with van der Waals surface area (Å²) >= 11 is 0. The van der Waals surface area contributed by atoms with Gasteiger partial charge in [-0.3, -0.25) is 4.79 Å². The van der Waals surface area contributed by atoms with Crippen molar-refractivity contribution in [3.05, 3.63) is 28.8 Å². The zero-order valence-electron chi connectivity index (χ0n) is 11.9. The summed E-state index contributed by atoms with van der Waals surface area (Å²) in [5, 5.41) is 0.601. The van der Waals surface area contributed by atoms with Crippen molar-refractivity contribution in [1.82, 2.24) is 14.9 Å². The number of aromatic nitrogens is 2. The number of aromatic amines is 1. The Balaban J connectivity index is 2.11. The van der Waals surface area contributed by atoms with Crippen molar-refractivity contribution < 1.29 is 4.74 Å². The van der Waals surface area contributed by atoms with Crippen molar-refractivity contribution in [1.29, 1.82) is 0 Å². The number of ether oxygens (including phenoxy) is 1. The van der Waals surface area contributed by atoms with Gasteiger partial charge in [-0.15, -0.1) is 0 Å². The first-order valence-electron chi connectivity index (χ1n) is 6.57. The van der Waals surface area contributed by atoms with Crippen LogP contribution < -0.4 is 15.2 Å². The lowest BCUT2D eigenvalue weighted by Crippen LogP contribution is -2.57. The van der Waals surface area contributed by atoms with E-state index in [0.717, 1.165) is 18.8 Å². The van der Waals surface area contributed by atoms with Gasteiger partial charge in [0.1, 0.15) is 5.75 Å². The van der Waals surface area contributed by atoms with Gasteiger partial charge in [-0.25, -0.2) is 4.98 Å². The smallest absolute Gasteiger partial charge is 0.260 e. The molecule has 0 radical (unpaired) electrons.